The molecule has 5 heteroatoms. The largest absolute Gasteiger partial charge is 0.393 e. The highest BCUT2D eigenvalue weighted by molar-refractivity contribution is 6.00. The van der Waals surface area contributed by atoms with E-state index < -0.39 is 0 Å². The molecule has 1 aliphatic rings. The lowest BCUT2D eigenvalue weighted by Crippen LogP contribution is -2.24. The van der Waals surface area contributed by atoms with E-state index in [1.165, 1.54) is 24.3 Å². The molecule has 22 heavy (non-hydrogen) atoms. The summed E-state index contributed by atoms with van der Waals surface area (Å²) in [7, 11) is 0. The summed E-state index contributed by atoms with van der Waals surface area (Å²) in [5.74, 6) is -0.350. The lowest BCUT2D eigenvalue weighted by molar-refractivity contribution is 0.159. The SMILES string of the molecule is O=C(Nc1ccc(F)cc1)Nc1cccc2c1CC(O)CC2. The molecule has 1 aliphatic carbocycles. The van der Waals surface area contributed by atoms with E-state index in [1.54, 1.807) is 0 Å². The van der Waals surface area contributed by atoms with Gasteiger partial charge in [-0.05, 0) is 54.3 Å². The van der Waals surface area contributed by atoms with Crippen molar-refractivity contribution in [2.45, 2.75) is 25.4 Å². The van der Waals surface area contributed by atoms with E-state index in [0.717, 1.165) is 24.0 Å². The summed E-state index contributed by atoms with van der Waals surface area (Å²) in [5.41, 5.74) is 3.36. The molecule has 3 rings (SSSR count). The normalized spacial score (nSPS) is 16.7. The fourth-order valence-electron chi connectivity index (χ4n) is 2.70. The molecule has 2 amide bonds. The number of hydrogen-bond acceptors (Lipinski definition) is 2. The first kappa shape index (κ1) is 14.5. The fourth-order valence-corrected chi connectivity index (χ4v) is 2.70. The first-order chi connectivity index (χ1) is 10.6. The van der Waals surface area contributed by atoms with Gasteiger partial charge in [-0.15, -0.1) is 0 Å². The molecule has 2 aromatic rings. The number of aliphatic hydroxyl groups excluding tert-OH is 1. The number of fused-ring (bicyclic) bond motifs is 1. The van der Waals surface area contributed by atoms with Gasteiger partial charge in [-0.3, -0.25) is 0 Å². The number of hydrogen-bond donors (Lipinski definition) is 3. The van der Waals surface area contributed by atoms with Crippen LogP contribution in [0.3, 0.4) is 0 Å². The van der Waals surface area contributed by atoms with E-state index in [1.807, 2.05) is 18.2 Å². The number of aliphatic hydroxyl groups is 1. The molecule has 1 atom stereocenters. The van der Waals surface area contributed by atoms with Crippen molar-refractivity contribution in [1.82, 2.24) is 0 Å². The number of anilines is 2. The van der Waals surface area contributed by atoms with Crippen LogP contribution in [-0.2, 0) is 12.8 Å². The molecule has 2 aromatic carbocycles. The molecular weight excluding hydrogens is 283 g/mol. The molecule has 0 saturated heterocycles. The summed E-state index contributed by atoms with van der Waals surface area (Å²) in [6.07, 6.45) is 1.74. The van der Waals surface area contributed by atoms with Gasteiger partial charge in [-0.2, -0.15) is 0 Å². The van der Waals surface area contributed by atoms with Gasteiger partial charge in [0, 0.05) is 17.8 Å². The highest BCUT2D eigenvalue weighted by Gasteiger charge is 2.19. The number of urea groups is 1. The molecule has 4 nitrogen and oxygen atoms in total. The molecule has 0 heterocycles. The maximum atomic E-state index is 12.8. The summed E-state index contributed by atoms with van der Waals surface area (Å²) in [5, 5.41) is 15.3. The first-order valence-electron chi connectivity index (χ1n) is 7.24. The molecule has 0 bridgehead atoms. The maximum Gasteiger partial charge on any atom is 0.323 e. The van der Waals surface area contributed by atoms with Gasteiger partial charge in [0.25, 0.3) is 0 Å². The van der Waals surface area contributed by atoms with Crippen molar-refractivity contribution in [1.29, 1.82) is 0 Å². The number of carbonyl (C=O) groups excluding carboxylic acids is 1. The third-order valence-electron chi connectivity index (χ3n) is 3.81. The quantitative estimate of drug-likeness (QED) is 0.796. The van der Waals surface area contributed by atoms with Crippen LogP contribution in [0.2, 0.25) is 0 Å². The van der Waals surface area contributed by atoms with E-state index in [-0.39, 0.29) is 18.0 Å². The van der Waals surface area contributed by atoms with Crippen LogP contribution in [0.15, 0.2) is 42.5 Å². The van der Waals surface area contributed by atoms with Gasteiger partial charge in [-0.1, -0.05) is 12.1 Å². The summed E-state index contributed by atoms with van der Waals surface area (Å²) in [6.45, 7) is 0. The van der Waals surface area contributed by atoms with Gasteiger partial charge >= 0.3 is 6.03 Å². The van der Waals surface area contributed by atoms with E-state index in [4.69, 9.17) is 0 Å². The molecule has 114 valence electrons. The van der Waals surface area contributed by atoms with Crippen molar-refractivity contribution in [3.8, 4) is 0 Å². The van der Waals surface area contributed by atoms with Crippen LogP contribution in [0, 0.1) is 5.82 Å². The van der Waals surface area contributed by atoms with Crippen LogP contribution in [0.4, 0.5) is 20.6 Å². The predicted molar refractivity (Wildman–Crippen MR) is 83.5 cm³/mol. The van der Waals surface area contributed by atoms with Crippen LogP contribution in [0.5, 0.6) is 0 Å². The minimum absolute atomic E-state index is 0.350. The lowest BCUT2D eigenvalue weighted by atomic mass is 9.88. The summed E-state index contributed by atoms with van der Waals surface area (Å²) in [6, 6.07) is 10.9. The smallest absolute Gasteiger partial charge is 0.323 e. The van der Waals surface area contributed by atoms with Gasteiger partial charge in [0.15, 0.2) is 0 Å². The Bertz CT molecular complexity index is 686. The molecule has 0 aliphatic heterocycles. The van der Waals surface area contributed by atoms with Gasteiger partial charge in [-0.25, -0.2) is 9.18 Å². The standard InChI is InChI=1S/C17H17FN2O2/c18-12-5-7-13(8-6-12)19-17(22)20-16-3-1-2-11-4-9-14(21)10-15(11)16/h1-3,5-8,14,21H,4,9-10H2,(H2,19,20,22). The fraction of sp³-hybridized carbons (Fsp3) is 0.235. The lowest BCUT2D eigenvalue weighted by Gasteiger charge is -2.23. The predicted octanol–water partition coefficient (Wildman–Crippen LogP) is 3.32. The molecule has 1 unspecified atom stereocenters. The number of carbonyl (C=O) groups is 1. The zero-order chi connectivity index (χ0) is 15.5. The van der Waals surface area contributed by atoms with E-state index in [9.17, 15) is 14.3 Å². The molecular formula is C17H17FN2O2. The Labute approximate surface area is 128 Å². The Balaban J connectivity index is 1.73. The molecule has 0 spiro atoms. The second-order valence-electron chi connectivity index (χ2n) is 5.43. The van der Waals surface area contributed by atoms with Crippen molar-refractivity contribution in [3.63, 3.8) is 0 Å². The average Bonchev–Trinajstić information content (AvgIpc) is 2.50. The molecule has 0 saturated carbocycles. The van der Waals surface area contributed by atoms with Crippen LogP contribution >= 0.6 is 0 Å². The molecule has 0 radical (unpaired) electrons. The zero-order valence-electron chi connectivity index (χ0n) is 12.0. The maximum absolute atomic E-state index is 12.8. The van der Waals surface area contributed by atoms with Crippen molar-refractivity contribution in [2.24, 2.45) is 0 Å². The first-order valence-corrected chi connectivity index (χ1v) is 7.24. The number of halogens is 1. The van der Waals surface area contributed by atoms with Gasteiger partial charge < -0.3 is 15.7 Å². The number of amides is 2. The summed E-state index contributed by atoms with van der Waals surface area (Å²) < 4.78 is 12.8. The van der Waals surface area contributed by atoms with Gasteiger partial charge in [0.2, 0.25) is 0 Å². The van der Waals surface area contributed by atoms with Crippen LogP contribution in [-0.4, -0.2) is 17.2 Å². The van der Waals surface area contributed by atoms with E-state index in [0.29, 0.717) is 17.8 Å². The Hall–Kier alpha value is -2.40. The number of benzene rings is 2. The molecule has 0 fully saturated rings. The van der Waals surface area contributed by atoms with Crippen LogP contribution in [0.1, 0.15) is 17.5 Å². The summed E-state index contributed by atoms with van der Waals surface area (Å²) >= 11 is 0. The van der Waals surface area contributed by atoms with Crippen LogP contribution in [0.25, 0.3) is 0 Å². The Morgan fingerprint density at radius 1 is 1.14 bits per heavy atom. The van der Waals surface area contributed by atoms with Crippen molar-refractivity contribution < 1.29 is 14.3 Å². The Kier molecular flexibility index (Phi) is 4.06. The monoisotopic (exact) mass is 300 g/mol. The van der Waals surface area contributed by atoms with Crippen molar-refractivity contribution in [3.05, 3.63) is 59.4 Å². The zero-order valence-corrected chi connectivity index (χ0v) is 12.0. The Morgan fingerprint density at radius 2 is 1.91 bits per heavy atom. The average molecular weight is 300 g/mol. The summed E-state index contributed by atoms with van der Waals surface area (Å²) in [4.78, 5) is 12.1. The third kappa shape index (κ3) is 3.26. The van der Waals surface area contributed by atoms with Gasteiger partial charge in [0.05, 0.1) is 6.10 Å². The minimum atomic E-state index is -0.389. The van der Waals surface area contributed by atoms with Gasteiger partial charge in [0.1, 0.15) is 5.82 Å². The number of rotatable bonds is 2. The Morgan fingerprint density at radius 3 is 2.68 bits per heavy atom. The van der Waals surface area contributed by atoms with Crippen LogP contribution < -0.4 is 10.6 Å². The van der Waals surface area contributed by atoms with E-state index in [2.05, 4.69) is 10.6 Å². The molecule has 0 aromatic heterocycles. The highest BCUT2D eigenvalue weighted by atomic mass is 19.1. The second-order valence-corrected chi connectivity index (χ2v) is 5.43. The second kappa shape index (κ2) is 6.15. The third-order valence-corrected chi connectivity index (χ3v) is 3.81. The number of nitrogens with one attached hydrogen (secondary N) is 2. The topological polar surface area (TPSA) is 61.4 Å². The molecule has 3 N–H and O–H groups in total. The van der Waals surface area contributed by atoms with E-state index >= 15 is 0 Å². The van der Waals surface area contributed by atoms with Crippen molar-refractivity contribution >= 4 is 17.4 Å². The van der Waals surface area contributed by atoms with Crippen molar-refractivity contribution in [2.75, 3.05) is 10.6 Å². The minimum Gasteiger partial charge on any atom is -0.393 e. The highest BCUT2D eigenvalue weighted by Crippen LogP contribution is 2.28. The number of aryl methyl sites for hydroxylation is 1.